The van der Waals surface area contributed by atoms with Gasteiger partial charge in [0.15, 0.2) is 11.5 Å². The molecule has 2 aromatic carbocycles. The van der Waals surface area contributed by atoms with E-state index in [9.17, 15) is 4.79 Å². The summed E-state index contributed by atoms with van der Waals surface area (Å²) in [7, 11) is 0. The number of amides is 1. The van der Waals surface area contributed by atoms with Crippen LogP contribution in [0.5, 0.6) is 17.2 Å². The van der Waals surface area contributed by atoms with Crippen molar-refractivity contribution >= 4 is 5.91 Å². The molecule has 1 N–H and O–H groups in total. The van der Waals surface area contributed by atoms with Gasteiger partial charge >= 0.3 is 0 Å². The number of benzene rings is 2. The molecule has 1 aliphatic heterocycles. The maximum atomic E-state index is 12.3. The van der Waals surface area contributed by atoms with Gasteiger partial charge in [-0.05, 0) is 42.3 Å². The summed E-state index contributed by atoms with van der Waals surface area (Å²) in [6.07, 6.45) is -0.201. The van der Waals surface area contributed by atoms with Crippen molar-refractivity contribution in [3.8, 4) is 17.2 Å². The summed E-state index contributed by atoms with van der Waals surface area (Å²) in [5.41, 5.74) is 0.592. The van der Waals surface area contributed by atoms with E-state index < -0.39 is 0 Å². The first-order chi connectivity index (χ1) is 12.1. The summed E-state index contributed by atoms with van der Waals surface area (Å²) < 4.78 is 17.1. The van der Waals surface area contributed by atoms with E-state index in [2.05, 4.69) is 19.2 Å². The minimum atomic E-state index is -0.201. The number of fused-ring (bicyclic) bond motifs is 1. The van der Waals surface area contributed by atoms with E-state index >= 15 is 0 Å². The molecule has 2 aromatic rings. The van der Waals surface area contributed by atoms with Crippen LogP contribution in [0.3, 0.4) is 0 Å². The van der Waals surface area contributed by atoms with E-state index in [4.69, 9.17) is 14.2 Å². The Morgan fingerprint density at radius 1 is 1.16 bits per heavy atom. The number of carbonyl (C=O) groups is 1. The molecule has 0 fully saturated rings. The fraction of sp³-hybridized carbons (Fsp3) is 0.350. The topological polar surface area (TPSA) is 56.8 Å². The largest absolute Gasteiger partial charge is 0.493 e. The van der Waals surface area contributed by atoms with Gasteiger partial charge in [-0.1, -0.05) is 26.0 Å². The second-order valence-corrected chi connectivity index (χ2v) is 6.44. The molecule has 5 nitrogen and oxygen atoms in total. The highest BCUT2D eigenvalue weighted by atomic mass is 16.6. The number of hydrogen-bond donors (Lipinski definition) is 1. The second kappa shape index (κ2) is 7.92. The SMILES string of the molecule is CC(C)COc1ccc(C(=O)NC[C@@H]2COc3ccccc3O2)cc1. The zero-order valence-corrected chi connectivity index (χ0v) is 14.5. The number of para-hydroxylation sites is 2. The summed E-state index contributed by atoms with van der Waals surface area (Å²) in [4.78, 5) is 12.3. The lowest BCUT2D eigenvalue weighted by Crippen LogP contribution is -2.40. The van der Waals surface area contributed by atoms with Crippen molar-refractivity contribution in [3.63, 3.8) is 0 Å². The first-order valence-corrected chi connectivity index (χ1v) is 8.51. The van der Waals surface area contributed by atoms with E-state index in [-0.39, 0.29) is 12.0 Å². The Kier molecular flexibility index (Phi) is 5.43. The van der Waals surface area contributed by atoms with Crippen LogP contribution < -0.4 is 19.5 Å². The minimum absolute atomic E-state index is 0.141. The van der Waals surface area contributed by atoms with Crippen molar-refractivity contribution in [2.24, 2.45) is 5.92 Å². The molecule has 1 heterocycles. The van der Waals surface area contributed by atoms with Gasteiger partial charge in [-0.15, -0.1) is 0 Å². The summed E-state index contributed by atoms with van der Waals surface area (Å²) >= 11 is 0. The highest BCUT2D eigenvalue weighted by molar-refractivity contribution is 5.94. The number of nitrogens with one attached hydrogen (secondary N) is 1. The molecule has 1 aliphatic rings. The number of ether oxygens (including phenoxy) is 3. The van der Waals surface area contributed by atoms with Crippen LogP contribution in [0.25, 0.3) is 0 Å². The second-order valence-electron chi connectivity index (χ2n) is 6.44. The van der Waals surface area contributed by atoms with Gasteiger partial charge in [0.1, 0.15) is 18.5 Å². The van der Waals surface area contributed by atoms with Crippen LogP contribution in [0.4, 0.5) is 0 Å². The van der Waals surface area contributed by atoms with Crippen molar-refractivity contribution in [3.05, 3.63) is 54.1 Å². The highest BCUT2D eigenvalue weighted by Crippen LogP contribution is 2.30. The van der Waals surface area contributed by atoms with E-state index in [1.807, 2.05) is 36.4 Å². The molecule has 0 radical (unpaired) electrons. The Morgan fingerprint density at radius 3 is 2.60 bits per heavy atom. The van der Waals surface area contributed by atoms with Crippen LogP contribution in [0.1, 0.15) is 24.2 Å². The predicted molar refractivity (Wildman–Crippen MR) is 95.5 cm³/mol. The van der Waals surface area contributed by atoms with Crippen molar-refractivity contribution < 1.29 is 19.0 Å². The normalized spacial score (nSPS) is 15.7. The van der Waals surface area contributed by atoms with Crippen LogP contribution in [0.15, 0.2) is 48.5 Å². The van der Waals surface area contributed by atoms with E-state index in [1.165, 1.54) is 0 Å². The van der Waals surface area contributed by atoms with E-state index in [0.717, 1.165) is 11.5 Å². The smallest absolute Gasteiger partial charge is 0.251 e. The molecular weight excluding hydrogens is 318 g/mol. The monoisotopic (exact) mass is 341 g/mol. The third-order valence-electron chi connectivity index (χ3n) is 3.76. The molecule has 0 aromatic heterocycles. The molecule has 0 saturated carbocycles. The third kappa shape index (κ3) is 4.66. The van der Waals surface area contributed by atoms with Gasteiger partial charge in [-0.2, -0.15) is 0 Å². The van der Waals surface area contributed by atoms with Crippen molar-refractivity contribution in [1.29, 1.82) is 0 Å². The molecule has 0 bridgehead atoms. The van der Waals surface area contributed by atoms with E-state index in [0.29, 0.717) is 37.0 Å². The Morgan fingerprint density at radius 2 is 1.88 bits per heavy atom. The lowest BCUT2D eigenvalue weighted by molar-refractivity contribution is 0.0789. The predicted octanol–water partition coefficient (Wildman–Crippen LogP) is 3.29. The molecule has 3 rings (SSSR count). The summed E-state index contributed by atoms with van der Waals surface area (Å²) in [6.45, 7) is 5.65. The zero-order chi connectivity index (χ0) is 17.6. The lowest BCUT2D eigenvalue weighted by atomic mass is 10.2. The van der Waals surface area contributed by atoms with Crippen LogP contribution in [0, 0.1) is 5.92 Å². The molecule has 1 amide bonds. The van der Waals surface area contributed by atoms with Gasteiger partial charge in [0.2, 0.25) is 0 Å². The Labute approximate surface area is 147 Å². The number of rotatable bonds is 6. The molecule has 0 saturated heterocycles. The Balaban J connectivity index is 1.49. The molecule has 5 heteroatoms. The standard InChI is InChI=1S/C20H23NO4/c1-14(2)12-23-16-9-7-15(8-10-16)20(22)21-11-17-13-24-18-5-3-4-6-19(18)25-17/h3-10,14,17H,11-13H2,1-2H3,(H,21,22)/t17-/m1/s1. The van der Waals surface area contributed by atoms with E-state index in [1.54, 1.807) is 12.1 Å². The van der Waals surface area contributed by atoms with Crippen LogP contribution >= 0.6 is 0 Å². The zero-order valence-electron chi connectivity index (χ0n) is 14.5. The quantitative estimate of drug-likeness (QED) is 0.876. The first kappa shape index (κ1) is 17.1. The molecule has 1 atom stereocenters. The lowest BCUT2D eigenvalue weighted by Gasteiger charge is -2.26. The maximum absolute atomic E-state index is 12.3. The van der Waals surface area contributed by atoms with Crippen molar-refractivity contribution in [2.75, 3.05) is 19.8 Å². The molecule has 0 aliphatic carbocycles. The molecule has 132 valence electrons. The molecular formula is C20H23NO4. The fourth-order valence-corrected chi connectivity index (χ4v) is 2.44. The van der Waals surface area contributed by atoms with Crippen LogP contribution in [-0.4, -0.2) is 31.8 Å². The number of carbonyl (C=O) groups excluding carboxylic acids is 1. The third-order valence-corrected chi connectivity index (χ3v) is 3.76. The summed E-state index contributed by atoms with van der Waals surface area (Å²) in [5.74, 6) is 2.54. The summed E-state index contributed by atoms with van der Waals surface area (Å²) in [6, 6.07) is 14.7. The highest BCUT2D eigenvalue weighted by Gasteiger charge is 2.21. The van der Waals surface area contributed by atoms with Crippen molar-refractivity contribution in [2.45, 2.75) is 20.0 Å². The average molecular weight is 341 g/mol. The van der Waals surface area contributed by atoms with Gasteiger partial charge < -0.3 is 19.5 Å². The average Bonchev–Trinajstić information content (AvgIpc) is 2.64. The Hall–Kier alpha value is -2.69. The fourth-order valence-electron chi connectivity index (χ4n) is 2.44. The van der Waals surface area contributed by atoms with Crippen LogP contribution in [-0.2, 0) is 0 Å². The number of hydrogen-bond acceptors (Lipinski definition) is 4. The van der Waals surface area contributed by atoms with Gasteiger partial charge in [0.25, 0.3) is 5.91 Å². The van der Waals surface area contributed by atoms with Gasteiger partial charge in [0.05, 0.1) is 13.2 Å². The van der Waals surface area contributed by atoms with Crippen molar-refractivity contribution in [1.82, 2.24) is 5.32 Å². The summed E-state index contributed by atoms with van der Waals surface area (Å²) in [5, 5.41) is 2.88. The molecule has 25 heavy (non-hydrogen) atoms. The minimum Gasteiger partial charge on any atom is -0.493 e. The van der Waals surface area contributed by atoms with Gasteiger partial charge in [-0.3, -0.25) is 4.79 Å². The molecule has 0 spiro atoms. The first-order valence-electron chi connectivity index (χ1n) is 8.51. The van der Waals surface area contributed by atoms with Gasteiger partial charge in [0, 0.05) is 5.56 Å². The van der Waals surface area contributed by atoms with Crippen LogP contribution in [0.2, 0.25) is 0 Å². The molecule has 0 unspecified atom stereocenters. The Bertz CT molecular complexity index is 712. The maximum Gasteiger partial charge on any atom is 0.251 e. The van der Waals surface area contributed by atoms with Gasteiger partial charge in [-0.25, -0.2) is 0 Å².